The highest BCUT2D eigenvalue weighted by Crippen LogP contribution is 2.53. The number of hydrogen-bond acceptors (Lipinski definition) is 4. The molecule has 0 radical (unpaired) electrons. The van der Waals surface area contributed by atoms with Crippen LogP contribution >= 0.6 is 0 Å². The van der Waals surface area contributed by atoms with E-state index >= 15 is 0 Å². The number of benzene rings is 1. The number of amides is 1. The highest BCUT2D eigenvalue weighted by molar-refractivity contribution is 5.86. The standard InChI is InChI=1S/C20H26N2O4/c1-26-16-4-2-3-15(12-16)21-7-9-22(10-8-21)19(23)17-13-5-6-14(11-13)18(17)20(24)25/h2-4,12-14,17-18H,5-11H2,1H3,(H,24,25). The van der Waals surface area contributed by atoms with Crippen molar-refractivity contribution in [2.75, 3.05) is 38.2 Å². The van der Waals surface area contributed by atoms with E-state index in [2.05, 4.69) is 11.0 Å². The largest absolute Gasteiger partial charge is 0.497 e. The van der Waals surface area contributed by atoms with E-state index in [0.717, 1.165) is 43.8 Å². The van der Waals surface area contributed by atoms with Crippen molar-refractivity contribution in [3.8, 4) is 5.75 Å². The molecule has 4 atom stereocenters. The molecule has 2 bridgehead atoms. The third kappa shape index (κ3) is 2.91. The molecule has 4 unspecified atom stereocenters. The molecule has 1 N–H and O–H groups in total. The van der Waals surface area contributed by atoms with Crippen molar-refractivity contribution in [2.24, 2.45) is 23.7 Å². The van der Waals surface area contributed by atoms with Gasteiger partial charge in [0.1, 0.15) is 5.75 Å². The number of nitrogens with zero attached hydrogens (tertiary/aromatic N) is 2. The molecule has 4 rings (SSSR count). The van der Waals surface area contributed by atoms with Crippen molar-refractivity contribution in [3.05, 3.63) is 24.3 Å². The molecule has 6 nitrogen and oxygen atoms in total. The minimum absolute atomic E-state index is 0.0647. The van der Waals surface area contributed by atoms with Crippen molar-refractivity contribution in [3.63, 3.8) is 0 Å². The molecular formula is C20H26N2O4. The van der Waals surface area contributed by atoms with Crippen LogP contribution < -0.4 is 9.64 Å². The predicted octanol–water partition coefficient (Wildman–Crippen LogP) is 2.09. The average Bonchev–Trinajstić information content (AvgIpc) is 3.29. The number of piperazine rings is 1. The van der Waals surface area contributed by atoms with Crippen LogP contribution in [-0.4, -0.2) is 55.2 Å². The summed E-state index contributed by atoms with van der Waals surface area (Å²) < 4.78 is 5.29. The van der Waals surface area contributed by atoms with Crippen LogP contribution in [0.25, 0.3) is 0 Å². The first-order valence-electron chi connectivity index (χ1n) is 9.49. The van der Waals surface area contributed by atoms with Crippen molar-refractivity contribution in [1.29, 1.82) is 0 Å². The second-order valence-electron chi connectivity index (χ2n) is 7.74. The van der Waals surface area contributed by atoms with Gasteiger partial charge in [-0.1, -0.05) is 6.07 Å². The highest BCUT2D eigenvalue weighted by Gasteiger charge is 2.54. The number of carboxylic acids is 1. The molecule has 1 aliphatic heterocycles. The van der Waals surface area contributed by atoms with E-state index in [-0.39, 0.29) is 23.7 Å². The van der Waals surface area contributed by atoms with Crippen molar-refractivity contribution in [1.82, 2.24) is 4.90 Å². The summed E-state index contributed by atoms with van der Waals surface area (Å²) in [5, 5.41) is 9.60. The molecule has 1 amide bonds. The second-order valence-corrected chi connectivity index (χ2v) is 7.74. The van der Waals surface area contributed by atoms with Crippen LogP contribution in [-0.2, 0) is 9.59 Å². The van der Waals surface area contributed by atoms with Gasteiger partial charge in [0.2, 0.25) is 5.91 Å². The summed E-state index contributed by atoms with van der Waals surface area (Å²) in [6.45, 7) is 2.82. The second kappa shape index (κ2) is 6.82. The van der Waals surface area contributed by atoms with Crippen LogP contribution in [0.1, 0.15) is 19.3 Å². The summed E-state index contributed by atoms with van der Waals surface area (Å²) in [6, 6.07) is 7.95. The SMILES string of the molecule is COc1cccc(N2CCN(C(=O)C3C4CCC(C4)C3C(=O)O)CC2)c1. The number of anilines is 1. The first kappa shape index (κ1) is 17.2. The van der Waals surface area contributed by atoms with Crippen LogP contribution in [0, 0.1) is 23.7 Å². The van der Waals surface area contributed by atoms with Crippen molar-refractivity contribution >= 4 is 17.6 Å². The van der Waals surface area contributed by atoms with Gasteiger partial charge in [0.15, 0.2) is 0 Å². The topological polar surface area (TPSA) is 70.1 Å². The van der Waals surface area contributed by atoms with Gasteiger partial charge in [-0.2, -0.15) is 0 Å². The molecule has 1 heterocycles. The van der Waals surface area contributed by atoms with E-state index in [4.69, 9.17) is 4.74 Å². The maximum atomic E-state index is 13.1. The zero-order chi connectivity index (χ0) is 18.3. The fraction of sp³-hybridized carbons (Fsp3) is 0.600. The maximum Gasteiger partial charge on any atom is 0.307 e. The Hall–Kier alpha value is -2.24. The Labute approximate surface area is 153 Å². The molecule has 26 heavy (non-hydrogen) atoms. The van der Waals surface area contributed by atoms with Crippen LogP contribution in [0.15, 0.2) is 24.3 Å². The molecule has 1 saturated heterocycles. The van der Waals surface area contributed by atoms with Gasteiger partial charge in [-0.3, -0.25) is 9.59 Å². The van der Waals surface area contributed by atoms with Crippen LogP contribution in [0.5, 0.6) is 5.75 Å². The zero-order valence-corrected chi connectivity index (χ0v) is 15.1. The lowest BCUT2D eigenvalue weighted by Crippen LogP contribution is -2.52. The van der Waals surface area contributed by atoms with Gasteiger partial charge >= 0.3 is 5.97 Å². The molecule has 6 heteroatoms. The minimum atomic E-state index is -0.787. The predicted molar refractivity (Wildman–Crippen MR) is 97.2 cm³/mol. The monoisotopic (exact) mass is 358 g/mol. The van der Waals surface area contributed by atoms with Gasteiger partial charge < -0.3 is 19.6 Å². The first-order chi connectivity index (χ1) is 12.6. The van der Waals surface area contributed by atoms with E-state index in [1.54, 1.807) is 7.11 Å². The van der Waals surface area contributed by atoms with E-state index < -0.39 is 11.9 Å². The fourth-order valence-electron chi connectivity index (χ4n) is 5.21. The first-order valence-corrected chi connectivity index (χ1v) is 9.49. The minimum Gasteiger partial charge on any atom is -0.497 e. The smallest absolute Gasteiger partial charge is 0.307 e. The molecule has 3 aliphatic rings. The zero-order valence-electron chi connectivity index (χ0n) is 15.1. The Morgan fingerprint density at radius 1 is 1.08 bits per heavy atom. The summed E-state index contributed by atoms with van der Waals surface area (Å²) >= 11 is 0. The Kier molecular flexibility index (Phi) is 4.51. The van der Waals surface area contributed by atoms with Gasteiger partial charge in [0, 0.05) is 37.9 Å². The van der Waals surface area contributed by atoms with Crippen LogP contribution in [0.2, 0.25) is 0 Å². The molecule has 1 aromatic rings. The van der Waals surface area contributed by atoms with Gasteiger partial charge in [-0.15, -0.1) is 0 Å². The summed E-state index contributed by atoms with van der Waals surface area (Å²) in [7, 11) is 1.66. The quantitative estimate of drug-likeness (QED) is 0.892. The molecule has 140 valence electrons. The number of carbonyl (C=O) groups is 2. The maximum absolute atomic E-state index is 13.1. The lowest BCUT2D eigenvalue weighted by atomic mass is 9.78. The van der Waals surface area contributed by atoms with E-state index in [9.17, 15) is 14.7 Å². The number of methoxy groups -OCH3 is 1. The molecular weight excluding hydrogens is 332 g/mol. The van der Waals surface area contributed by atoms with E-state index in [1.807, 2.05) is 23.1 Å². The van der Waals surface area contributed by atoms with E-state index in [1.165, 1.54) is 0 Å². The number of carbonyl (C=O) groups excluding carboxylic acids is 1. The number of rotatable bonds is 4. The van der Waals surface area contributed by atoms with Gasteiger partial charge in [0.25, 0.3) is 0 Å². The Morgan fingerprint density at radius 3 is 2.42 bits per heavy atom. The number of hydrogen-bond donors (Lipinski definition) is 1. The van der Waals surface area contributed by atoms with E-state index in [0.29, 0.717) is 13.1 Å². The lowest BCUT2D eigenvalue weighted by Gasteiger charge is -2.39. The number of carboxylic acid groups (broad SMARTS) is 1. The molecule has 0 aromatic heterocycles. The Bertz CT molecular complexity index is 699. The van der Waals surface area contributed by atoms with Gasteiger partial charge in [-0.25, -0.2) is 0 Å². The Morgan fingerprint density at radius 2 is 1.77 bits per heavy atom. The van der Waals surface area contributed by atoms with Crippen molar-refractivity contribution < 1.29 is 19.4 Å². The molecule has 2 aliphatic carbocycles. The van der Waals surface area contributed by atoms with Gasteiger partial charge in [0.05, 0.1) is 18.9 Å². The third-order valence-corrected chi connectivity index (χ3v) is 6.50. The molecule has 3 fully saturated rings. The number of ether oxygens (including phenoxy) is 1. The summed E-state index contributed by atoms with van der Waals surface area (Å²) in [4.78, 5) is 28.9. The summed E-state index contributed by atoms with van der Waals surface area (Å²) in [6.07, 6.45) is 2.89. The highest BCUT2D eigenvalue weighted by atomic mass is 16.5. The normalized spacial score (nSPS) is 30.5. The Balaban J connectivity index is 1.41. The number of fused-ring (bicyclic) bond motifs is 2. The lowest BCUT2D eigenvalue weighted by molar-refractivity contribution is -0.153. The third-order valence-electron chi connectivity index (χ3n) is 6.50. The summed E-state index contributed by atoms with van der Waals surface area (Å²) in [5.74, 6) is -0.213. The van der Waals surface area contributed by atoms with Crippen molar-refractivity contribution in [2.45, 2.75) is 19.3 Å². The molecule has 2 saturated carbocycles. The molecule has 0 spiro atoms. The summed E-state index contributed by atoms with van der Waals surface area (Å²) in [5.41, 5.74) is 1.10. The van der Waals surface area contributed by atoms with Gasteiger partial charge in [-0.05, 0) is 43.2 Å². The number of aliphatic carboxylic acids is 1. The van der Waals surface area contributed by atoms with Crippen LogP contribution in [0.3, 0.4) is 0 Å². The molecule has 1 aromatic carbocycles. The fourth-order valence-corrected chi connectivity index (χ4v) is 5.21. The average molecular weight is 358 g/mol. The van der Waals surface area contributed by atoms with Crippen LogP contribution in [0.4, 0.5) is 5.69 Å².